The Bertz CT molecular complexity index is 431. The molecule has 1 atom stereocenters. The molecule has 0 saturated heterocycles. The van der Waals surface area contributed by atoms with E-state index in [4.69, 9.17) is 5.73 Å². The van der Waals surface area contributed by atoms with E-state index in [2.05, 4.69) is 11.4 Å². The average molecular weight is 233 g/mol. The topological polar surface area (TPSA) is 58.4 Å². The van der Waals surface area contributed by atoms with Crippen molar-refractivity contribution in [2.24, 2.45) is 5.73 Å². The van der Waals surface area contributed by atoms with Crippen LogP contribution < -0.4 is 16.0 Å². The Labute approximate surface area is 102 Å². The van der Waals surface area contributed by atoms with Gasteiger partial charge >= 0.3 is 0 Å². The molecule has 1 aromatic carbocycles. The van der Waals surface area contributed by atoms with E-state index in [1.165, 1.54) is 0 Å². The normalized spacial score (nSPS) is 16.2. The maximum Gasteiger partial charge on any atom is 0.231 e. The van der Waals surface area contributed by atoms with Crippen molar-refractivity contribution < 1.29 is 4.79 Å². The first kappa shape index (κ1) is 12.1. The van der Waals surface area contributed by atoms with Gasteiger partial charge in [-0.3, -0.25) is 4.79 Å². The van der Waals surface area contributed by atoms with E-state index in [-0.39, 0.29) is 11.9 Å². The molecule has 0 bridgehead atoms. The minimum atomic E-state index is 0.0359. The quantitative estimate of drug-likeness (QED) is 0.809. The van der Waals surface area contributed by atoms with Gasteiger partial charge in [-0.05, 0) is 37.2 Å². The van der Waals surface area contributed by atoms with Gasteiger partial charge in [0.1, 0.15) is 0 Å². The summed E-state index contributed by atoms with van der Waals surface area (Å²) in [5, 5.41) is 3.09. The minimum Gasteiger partial charge on any atom is -0.324 e. The van der Waals surface area contributed by atoms with Gasteiger partial charge in [0.25, 0.3) is 0 Å². The molecule has 0 aromatic heterocycles. The minimum absolute atomic E-state index is 0.0359. The summed E-state index contributed by atoms with van der Waals surface area (Å²) >= 11 is 0. The van der Waals surface area contributed by atoms with Crippen LogP contribution >= 0.6 is 0 Å². The van der Waals surface area contributed by atoms with Gasteiger partial charge in [-0.1, -0.05) is 12.1 Å². The maximum absolute atomic E-state index is 11.6. The molecule has 1 aliphatic heterocycles. The predicted molar refractivity (Wildman–Crippen MR) is 69.0 cm³/mol. The second-order valence-corrected chi connectivity index (χ2v) is 4.52. The zero-order valence-electron chi connectivity index (χ0n) is 10.4. The highest BCUT2D eigenvalue weighted by Crippen LogP contribution is 2.30. The van der Waals surface area contributed by atoms with Crippen LogP contribution in [-0.4, -0.2) is 26.5 Å². The third-order valence-corrected chi connectivity index (χ3v) is 3.31. The number of hydrogen-bond donors (Lipinski definition) is 2. The molecule has 0 fully saturated rings. The number of amides is 1. The van der Waals surface area contributed by atoms with Crippen molar-refractivity contribution in [3.8, 4) is 0 Å². The van der Waals surface area contributed by atoms with Crippen LogP contribution in [0.25, 0.3) is 0 Å². The molecule has 0 radical (unpaired) electrons. The van der Waals surface area contributed by atoms with Gasteiger partial charge < -0.3 is 16.0 Å². The van der Waals surface area contributed by atoms with Crippen LogP contribution in [0, 0.1) is 0 Å². The molecule has 4 heteroatoms. The molecule has 0 aliphatic carbocycles. The smallest absolute Gasteiger partial charge is 0.231 e. The van der Waals surface area contributed by atoms with Crippen molar-refractivity contribution in [2.75, 3.05) is 25.5 Å². The highest BCUT2D eigenvalue weighted by molar-refractivity contribution is 6.00. The van der Waals surface area contributed by atoms with E-state index >= 15 is 0 Å². The standard InChI is InChI=1S/C13H19N3O/c1-15-6-5-11(14)9-3-4-12-10(7-9)8-13(17)16(12)2/h3-4,7,11,15H,5-6,8,14H2,1-2H3. The maximum atomic E-state index is 11.6. The highest BCUT2D eigenvalue weighted by atomic mass is 16.2. The lowest BCUT2D eigenvalue weighted by molar-refractivity contribution is -0.117. The Morgan fingerprint density at radius 3 is 3.00 bits per heavy atom. The highest BCUT2D eigenvalue weighted by Gasteiger charge is 2.24. The van der Waals surface area contributed by atoms with E-state index in [9.17, 15) is 4.79 Å². The first-order chi connectivity index (χ1) is 8.13. The van der Waals surface area contributed by atoms with E-state index in [0.29, 0.717) is 6.42 Å². The molecule has 3 N–H and O–H groups in total. The number of likely N-dealkylation sites (N-methyl/N-ethyl adjacent to an activating group) is 1. The molecule has 4 nitrogen and oxygen atoms in total. The Morgan fingerprint density at radius 1 is 1.53 bits per heavy atom. The van der Waals surface area contributed by atoms with Crippen LogP contribution in [0.2, 0.25) is 0 Å². The van der Waals surface area contributed by atoms with Crippen molar-refractivity contribution in [3.05, 3.63) is 29.3 Å². The van der Waals surface area contributed by atoms with Gasteiger partial charge in [-0.2, -0.15) is 0 Å². The molecule has 2 rings (SSSR count). The van der Waals surface area contributed by atoms with E-state index in [0.717, 1.165) is 29.8 Å². The molecular weight excluding hydrogens is 214 g/mol. The van der Waals surface area contributed by atoms with Gasteiger partial charge in [0, 0.05) is 18.8 Å². The molecule has 1 aromatic rings. The average Bonchev–Trinajstić information content (AvgIpc) is 2.61. The summed E-state index contributed by atoms with van der Waals surface area (Å²) in [6.45, 7) is 0.900. The number of anilines is 1. The zero-order chi connectivity index (χ0) is 12.4. The second-order valence-electron chi connectivity index (χ2n) is 4.52. The van der Waals surface area contributed by atoms with E-state index in [1.807, 2.05) is 26.2 Å². The third kappa shape index (κ3) is 2.33. The van der Waals surface area contributed by atoms with Crippen LogP contribution in [0.4, 0.5) is 5.69 Å². The SMILES string of the molecule is CNCCC(N)c1ccc2c(c1)CC(=O)N2C. The molecule has 17 heavy (non-hydrogen) atoms. The molecule has 1 aliphatic rings. The van der Waals surface area contributed by atoms with Crippen molar-refractivity contribution in [1.29, 1.82) is 0 Å². The Balaban J connectivity index is 2.18. The van der Waals surface area contributed by atoms with Crippen molar-refractivity contribution in [1.82, 2.24) is 5.32 Å². The van der Waals surface area contributed by atoms with Crippen molar-refractivity contribution >= 4 is 11.6 Å². The van der Waals surface area contributed by atoms with Crippen LogP contribution in [-0.2, 0) is 11.2 Å². The van der Waals surface area contributed by atoms with Crippen LogP contribution in [0.5, 0.6) is 0 Å². The number of nitrogens with one attached hydrogen (secondary N) is 1. The molecular formula is C13H19N3O. The molecule has 0 saturated carbocycles. The van der Waals surface area contributed by atoms with E-state index in [1.54, 1.807) is 4.90 Å². The number of benzene rings is 1. The largest absolute Gasteiger partial charge is 0.324 e. The van der Waals surface area contributed by atoms with Gasteiger partial charge in [0.15, 0.2) is 0 Å². The monoisotopic (exact) mass is 233 g/mol. The summed E-state index contributed by atoms with van der Waals surface area (Å²) in [7, 11) is 3.73. The summed E-state index contributed by atoms with van der Waals surface area (Å²) in [4.78, 5) is 13.3. The fourth-order valence-electron chi connectivity index (χ4n) is 2.19. The Morgan fingerprint density at radius 2 is 2.29 bits per heavy atom. The lowest BCUT2D eigenvalue weighted by atomic mass is 10.0. The molecule has 1 heterocycles. The first-order valence-electron chi connectivity index (χ1n) is 5.93. The summed E-state index contributed by atoms with van der Waals surface area (Å²) in [5.74, 6) is 0.154. The Kier molecular flexibility index (Phi) is 3.45. The number of rotatable bonds is 4. The lowest BCUT2D eigenvalue weighted by Crippen LogP contribution is -2.20. The summed E-state index contributed by atoms with van der Waals surface area (Å²) < 4.78 is 0. The third-order valence-electron chi connectivity index (χ3n) is 3.31. The number of nitrogens with two attached hydrogens (primary N) is 1. The summed E-state index contributed by atoms with van der Waals surface area (Å²) in [6, 6.07) is 6.12. The van der Waals surface area contributed by atoms with Crippen LogP contribution in [0.1, 0.15) is 23.6 Å². The number of fused-ring (bicyclic) bond motifs is 1. The van der Waals surface area contributed by atoms with Gasteiger partial charge in [0.05, 0.1) is 6.42 Å². The van der Waals surface area contributed by atoms with Crippen LogP contribution in [0.3, 0.4) is 0 Å². The molecule has 92 valence electrons. The fraction of sp³-hybridized carbons (Fsp3) is 0.462. The van der Waals surface area contributed by atoms with E-state index < -0.39 is 0 Å². The predicted octanol–water partition coefficient (Wildman–Crippen LogP) is 0.815. The molecule has 0 spiro atoms. The zero-order valence-corrected chi connectivity index (χ0v) is 10.4. The number of nitrogens with zero attached hydrogens (tertiary/aromatic N) is 1. The van der Waals surface area contributed by atoms with Gasteiger partial charge in [0.2, 0.25) is 5.91 Å². The summed E-state index contributed by atoms with van der Waals surface area (Å²) in [5.41, 5.74) is 9.32. The van der Waals surface area contributed by atoms with Gasteiger partial charge in [-0.25, -0.2) is 0 Å². The fourth-order valence-corrected chi connectivity index (χ4v) is 2.19. The van der Waals surface area contributed by atoms with Crippen molar-refractivity contribution in [2.45, 2.75) is 18.9 Å². The first-order valence-corrected chi connectivity index (χ1v) is 5.93. The number of hydrogen-bond acceptors (Lipinski definition) is 3. The second kappa shape index (κ2) is 4.85. The number of carbonyl (C=O) groups is 1. The molecule has 1 amide bonds. The van der Waals surface area contributed by atoms with Crippen molar-refractivity contribution in [3.63, 3.8) is 0 Å². The molecule has 1 unspecified atom stereocenters. The Hall–Kier alpha value is -1.39. The number of carbonyl (C=O) groups excluding carboxylic acids is 1. The van der Waals surface area contributed by atoms with Crippen LogP contribution in [0.15, 0.2) is 18.2 Å². The summed E-state index contributed by atoms with van der Waals surface area (Å²) in [6.07, 6.45) is 1.40. The lowest BCUT2D eigenvalue weighted by Gasteiger charge is -2.14. The van der Waals surface area contributed by atoms with Gasteiger partial charge in [-0.15, -0.1) is 0 Å².